The van der Waals surface area contributed by atoms with Gasteiger partial charge in [0.1, 0.15) is 17.5 Å². The van der Waals surface area contributed by atoms with Crippen LogP contribution in [0.3, 0.4) is 0 Å². The van der Waals surface area contributed by atoms with E-state index in [4.69, 9.17) is 14.0 Å². The Balaban J connectivity index is 1.44. The first-order chi connectivity index (χ1) is 12.9. The zero-order chi connectivity index (χ0) is 17.3. The molecule has 5 rings (SSSR count). The van der Waals surface area contributed by atoms with E-state index in [1.807, 2.05) is 48.5 Å². The third kappa shape index (κ3) is 2.50. The van der Waals surface area contributed by atoms with Crippen molar-refractivity contribution in [1.29, 1.82) is 0 Å². The molecule has 2 aromatic heterocycles. The molecule has 128 valence electrons. The van der Waals surface area contributed by atoms with Crippen LogP contribution in [0.5, 0.6) is 11.5 Å². The lowest BCUT2D eigenvalue weighted by molar-refractivity contribution is 0.174. The number of benzene rings is 2. The fraction of sp³-hybridized carbons (Fsp3) is 0.105. The van der Waals surface area contributed by atoms with Crippen molar-refractivity contribution in [3.63, 3.8) is 0 Å². The quantitative estimate of drug-likeness (QED) is 0.604. The van der Waals surface area contributed by atoms with Gasteiger partial charge >= 0.3 is 0 Å². The highest BCUT2D eigenvalue weighted by atomic mass is 16.7. The molecule has 0 atom stereocenters. The van der Waals surface area contributed by atoms with Crippen molar-refractivity contribution in [3.8, 4) is 22.8 Å². The van der Waals surface area contributed by atoms with Gasteiger partial charge in [-0.3, -0.25) is 0 Å². The number of ether oxygens (including phenoxy) is 2. The average Bonchev–Trinajstić information content (AvgIpc) is 3.33. The Morgan fingerprint density at radius 1 is 0.962 bits per heavy atom. The third-order valence-electron chi connectivity index (χ3n) is 4.20. The van der Waals surface area contributed by atoms with Crippen molar-refractivity contribution >= 4 is 16.9 Å². The van der Waals surface area contributed by atoms with Gasteiger partial charge in [0.25, 0.3) is 0 Å². The third-order valence-corrected chi connectivity index (χ3v) is 4.20. The van der Waals surface area contributed by atoms with Crippen molar-refractivity contribution in [2.24, 2.45) is 0 Å². The molecule has 0 aliphatic carbocycles. The maximum Gasteiger partial charge on any atom is 0.231 e. The number of hydrogen-bond donors (Lipinski definition) is 1. The van der Waals surface area contributed by atoms with E-state index >= 15 is 0 Å². The van der Waals surface area contributed by atoms with Crippen LogP contribution >= 0.6 is 0 Å². The van der Waals surface area contributed by atoms with E-state index in [0.717, 1.165) is 22.6 Å². The maximum absolute atomic E-state index is 5.51. The Bertz CT molecular complexity index is 1080. The molecule has 7 heteroatoms. The van der Waals surface area contributed by atoms with Crippen LogP contribution in [0.4, 0.5) is 5.82 Å². The molecule has 0 radical (unpaired) electrons. The second kappa shape index (κ2) is 6.03. The van der Waals surface area contributed by atoms with Crippen LogP contribution in [0, 0.1) is 0 Å². The average molecular weight is 346 g/mol. The number of nitrogens with one attached hydrogen (secondary N) is 1. The second-order valence-corrected chi connectivity index (χ2v) is 5.84. The molecular formula is C19H14N4O3. The molecule has 0 saturated carbocycles. The standard InChI is InChI=1S/C19H14N4O3/c1-2-4-13(5-3-1)16-17-18(26-23-16)19(22-10-21-17)20-9-12-6-7-14-15(8-12)25-11-24-14/h1-8,10H,9,11H2,(H,20,21,22). The van der Waals surface area contributed by atoms with E-state index in [1.165, 1.54) is 6.33 Å². The highest BCUT2D eigenvalue weighted by Gasteiger charge is 2.17. The Kier molecular flexibility index (Phi) is 3.41. The normalized spacial score (nSPS) is 12.5. The number of nitrogens with zero attached hydrogens (tertiary/aromatic N) is 3. The molecule has 4 aromatic rings. The summed E-state index contributed by atoms with van der Waals surface area (Å²) >= 11 is 0. The van der Waals surface area contributed by atoms with Crippen molar-refractivity contribution in [2.45, 2.75) is 6.54 Å². The molecule has 7 nitrogen and oxygen atoms in total. The van der Waals surface area contributed by atoms with Gasteiger partial charge in [-0.05, 0) is 17.7 Å². The summed E-state index contributed by atoms with van der Waals surface area (Å²) in [4.78, 5) is 8.63. The molecule has 1 aliphatic rings. The Labute approximate surface area is 148 Å². The number of rotatable bonds is 4. The first kappa shape index (κ1) is 14.7. The van der Waals surface area contributed by atoms with Gasteiger partial charge in [0, 0.05) is 12.1 Å². The smallest absolute Gasteiger partial charge is 0.231 e. The minimum Gasteiger partial charge on any atom is -0.454 e. The topological polar surface area (TPSA) is 82.3 Å². The van der Waals surface area contributed by atoms with Gasteiger partial charge in [-0.15, -0.1) is 0 Å². The molecule has 0 saturated heterocycles. The van der Waals surface area contributed by atoms with Crippen LogP contribution < -0.4 is 14.8 Å². The van der Waals surface area contributed by atoms with Gasteiger partial charge in [-0.1, -0.05) is 41.6 Å². The van der Waals surface area contributed by atoms with Gasteiger partial charge in [-0.25, -0.2) is 9.97 Å². The zero-order valence-electron chi connectivity index (χ0n) is 13.7. The van der Waals surface area contributed by atoms with Crippen LogP contribution in [0.1, 0.15) is 5.56 Å². The lowest BCUT2D eigenvalue weighted by Gasteiger charge is -2.06. The molecule has 0 bridgehead atoms. The Morgan fingerprint density at radius 3 is 2.77 bits per heavy atom. The number of fused-ring (bicyclic) bond motifs is 2. The van der Waals surface area contributed by atoms with Crippen LogP contribution in [-0.2, 0) is 6.54 Å². The van der Waals surface area contributed by atoms with Crippen molar-refractivity contribution < 1.29 is 14.0 Å². The fourth-order valence-corrected chi connectivity index (χ4v) is 2.91. The van der Waals surface area contributed by atoms with Crippen molar-refractivity contribution in [2.75, 3.05) is 12.1 Å². The van der Waals surface area contributed by atoms with E-state index in [-0.39, 0.29) is 6.79 Å². The number of aromatic nitrogens is 3. The van der Waals surface area contributed by atoms with Crippen molar-refractivity contribution in [3.05, 3.63) is 60.4 Å². The fourth-order valence-electron chi connectivity index (χ4n) is 2.91. The number of hydrogen-bond acceptors (Lipinski definition) is 7. The van der Waals surface area contributed by atoms with Gasteiger partial charge < -0.3 is 19.3 Å². The van der Waals surface area contributed by atoms with Gasteiger partial charge in [0.15, 0.2) is 17.3 Å². The van der Waals surface area contributed by atoms with Crippen LogP contribution in [-0.4, -0.2) is 21.9 Å². The van der Waals surface area contributed by atoms with Crippen molar-refractivity contribution in [1.82, 2.24) is 15.1 Å². The predicted molar refractivity (Wildman–Crippen MR) is 94.9 cm³/mol. The molecule has 0 amide bonds. The molecule has 0 fully saturated rings. The summed E-state index contributed by atoms with van der Waals surface area (Å²) in [6.07, 6.45) is 1.51. The maximum atomic E-state index is 5.51. The van der Waals surface area contributed by atoms with E-state index in [2.05, 4.69) is 20.4 Å². The minimum absolute atomic E-state index is 0.263. The summed E-state index contributed by atoms with van der Waals surface area (Å²) in [5.74, 6) is 2.12. The first-order valence-corrected chi connectivity index (χ1v) is 8.17. The van der Waals surface area contributed by atoms with E-state index in [1.54, 1.807) is 0 Å². The Hall–Kier alpha value is -3.61. The molecule has 1 N–H and O–H groups in total. The Morgan fingerprint density at radius 2 is 1.85 bits per heavy atom. The van der Waals surface area contributed by atoms with Gasteiger partial charge in [0.2, 0.25) is 12.4 Å². The highest BCUT2D eigenvalue weighted by Crippen LogP contribution is 2.33. The molecule has 3 heterocycles. The molecule has 2 aromatic carbocycles. The number of anilines is 1. The minimum atomic E-state index is 0.263. The second-order valence-electron chi connectivity index (χ2n) is 5.84. The van der Waals surface area contributed by atoms with E-state index in [9.17, 15) is 0 Å². The predicted octanol–water partition coefficient (Wildman–Crippen LogP) is 3.63. The monoisotopic (exact) mass is 346 g/mol. The SMILES string of the molecule is c1ccc(-c2noc3c(NCc4ccc5c(c4)OCO5)ncnc23)cc1. The summed E-state index contributed by atoms with van der Waals surface area (Å²) in [5, 5.41) is 7.45. The summed E-state index contributed by atoms with van der Waals surface area (Å²) in [6.45, 7) is 0.823. The van der Waals surface area contributed by atoms with Crippen LogP contribution in [0.25, 0.3) is 22.4 Å². The van der Waals surface area contributed by atoms with Crippen LogP contribution in [0.15, 0.2) is 59.4 Å². The highest BCUT2D eigenvalue weighted by molar-refractivity contribution is 5.93. The van der Waals surface area contributed by atoms with E-state index < -0.39 is 0 Å². The first-order valence-electron chi connectivity index (χ1n) is 8.17. The summed E-state index contributed by atoms with van der Waals surface area (Å²) in [6, 6.07) is 15.6. The van der Waals surface area contributed by atoms with Gasteiger partial charge in [-0.2, -0.15) is 0 Å². The molecule has 1 aliphatic heterocycles. The lowest BCUT2D eigenvalue weighted by atomic mass is 10.1. The van der Waals surface area contributed by atoms with Gasteiger partial charge in [0.05, 0.1) is 0 Å². The summed E-state index contributed by atoms with van der Waals surface area (Å²) in [7, 11) is 0. The zero-order valence-corrected chi connectivity index (χ0v) is 13.7. The molecule has 0 spiro atoms. The summed E-state index contributed by atoms with van der Waals surface area (Å²) < 4.78 is 16.3. The van der Waals surface area contributed by atoms with E-state index in [0.29, 0.717) is 29.2 Å². The van der Waals surface area contributed by atoms with Crippen LogP contribution in [0.2, 0.25) is 0 Å². The summed E-state index contributed by atoms with van der Waals surface area (Å²) in [5.41, 5.74) is 3.91. The molecule has 26 heavy (non-hydrogen) atoms. The lowest BCUT2D eigenvalue weighted by Crippen LogP contribution is -2.02. The largest absolute Gasteiger partial charge is 0.454 e. The molecule has 0 unspecified atom stereocenters. The molecular weight excluding hydrogens is 332 g/mol.